The molecule has 1 aromatic heterocycles. The second kappa shape index (κ2) is 5.85. The summed E-state index contributed by atoms with van der Waals surface area (Å²) in [6.07, 6.45) is 1.16. The molecule has 0 aliphatic carbocycles. The predicted molar refractivity (Wildman–Crippen MR) is 77.7 cm³/mol. The molecule has 21 heavy (non-hydrogen) atoms. The molecule has 1 aromatic rings. The SMILES string of the molecule is O=C1NCC(=O)N2CCN(C(=O)CCc3ccsc3)C[C@H]12. The molecule has 0 saturated carbocycles. The molecule has 0 unspecified atom stereocenters. The molecule has 2 fully saturated rings. The Morgan fingerprint density at radius 1 is 1.38 bits per heavy atom. The number of hydrogen-bond acceptors (Lipinski definition) is 4. The number of nitrogens with one attached hydrogen (secondary N) is 1. The van der Waals surface area contributed by atoms with Gasteiger partial charge in [-0.1, -0.05) is 0 Å². The molecule has 3 amide bonds. The zero-order valence-electron chi connectivity index (χ0n) is 11.6. The first-order valence-electron chi connectivity index (χ1n) is 7.01. The number of carbonyl (C=O) groups is 3. The first kappa shape index (κ1) is 14.1. The average Bonchev–Trinajstić information content (AvgIpc) is 3.02. The monoisotopic (exact) mass is 307 g/mol. The van der Waals surface area contributed by atoms with Crippen LogP contribution >= 0.6 is 11.3 Å². The predicted octanol–water partition coefficient (Wildman–Crippen LogP) is -0.150. The minimum absolute atomic E-state index is 0.0478. The number of nitrogens with zero attached hydrogens (tertiary/aromatic N) is 2. The quantitative estimate of drug-likeness (QED) is 0.844. The molecule has 6 nitrogen and oxygen atoms in total. The van der Waals surface area contributed by atoms with Crippen LogP contribution in [0, 0.1) is 0 Å². The van der Waals surface area contributed by atoms with Crippen LogP contribution in [0.1, 0.15) is 12.0 Å². The highest BCUT2D eigenvalue weighted by atomic mass is 32.1. The van der Waals surface area contributed by atoms with Crippen molar-refractivity contribution in [3.8, 4) is 0 Å². The van der Waals surface area contributed by atoms with E-state index in [-0.39, 0.29) is 24.3 Å². The molecule has 0 radical (unpaired) electrons. The van der Waals surface area contributed by atoms with Crippen LogP contribution in [-0.2, 0) is 20.8 Å². The van der Waals surface area contributed by atoms with E-state index >= 15 is 0 Å². The normalized spacial score (nSPS) is 22.0. The Kier molecular flexibility index (Phi) is 3.92. The molecule has 1 N–H and O–H groups in total. The fourth-order valence-corrected chi connectivity index (χ4v) is 3.46. The average molecular weight is 307 g/mol. The highest BCUT2D eigenvalue weighted by Crippen LogP contribution is 2.15. The molecule has 0 bridgehead atoms. The van der Waals surface area contributed by atoms with Gasteiger partial charge in [0.05, 0.1) is 13.1 Å². The van der Waals surface area contributed by atoms with Gasteiger partial charge in [0, 0.05) is 19.5 Å². The molecule has 112 valence electrons. The van der Waals surface area contributed by atoms with Crippen molar-refractivity contribution in [1.82, 2.24) is 15.1 Å². The van der Waals surface area contributed by atoms with Gasteiger partial charge in [-0.3, -0.25) is 14.4 Å². The maximum Gasteiger partial charge on any atom is 0.245 e. The Morgan fingerprint density at radius 2 is 2.24 bits per heavy atom. The summed E-state index contributed by atoms with van der Waals surface area (Å²) in [5.41, 5.74) is 1.16. The summed E-state index contributed by atoms with van der Waals surface area (Å²) in [6.45, 7) is 1.33. The molecule has 2 aliphatic heterocycles. The minimum Gasteiger partial charge on any atom is -0.345 e. The van der Waals surface area contributed by atoms with E-state index in [0.717, 1.165) is 12.0 Å². The fourth-order valence-electron chi connectivity index (χ4n) is 2.76. The lowest BCUT2D eigenvalue weighted by molar-refractivity contribution is -0.152. The molecular formula is C14H17N3O3S. The van der Waals surface area contributed by atoms with Gasteiger partial charge in [-0.05, 0) is 28.8 Å². The van der Waals surface area contributed by atoms with Crippen molar-refractivity contribution in [2.45, 2.75) is 18.9 Å². The van der Waals surface area contributed by atoms with Crippen LogP contribution in [0.3, 0.4) is 0 Å². The van der Waals surface area contributed by atoms with Gasteiger partial charge in [-0.15, -0.1) is 0 Å². The lowest BCUT2D eigenvalue weighted by Crippen LogP contribution is -2.66. The van der Waals surface area contributed by atoms with Crippen LogP contribution in [0.15, 0.2) is 16.8 Å². The highest BCUT2D eigenvalue weighted by molar-refractivity contribution is 7.07. The van der Waals surface area contributed by atoms with Gasteiger partial charge in [-0.25, -0.2) is 0 Å². The van der Waals surface area contributed by atoms with Gasteiger partial charge in [-0.2, -0.15) is 11.3 Å². The first-order valence-corrected chi connectivity index (χ1v) is 7.95. The summed E-state index contributed by atoms with van der Waals surface area (Å²) in [5.74, 6) is -0.179. The lowest BCUT2D eigenvalue weighted by Gasteiger charge is -2.42. The van der Waals surface area contributed by atoms with Crippen LogP contribution in [0.5, 0.6) is 0 Å². The van der Waals surface area contributed by atoms with Crippen molar-refractivity contribution in [2.75, 3.05) is 26.2 Å². The molecule has 0 aromatic carbocycles. The Labute approximate surface area is 126 Å². The van der Waals surface area contributed by atoms with E-state index < -0.39 is 6.04 Å². The zero-order valence-corrected chi connectivity index (χ0v) is 12.4. The van der Waals surface area contributed by atoms with Gasteiger partial charge < -0.3 is 15.1 Å². The van der Waals surface area contributed by atoms with Crippen molar-refractivity contribution >= 4 is 29.1 Å². The summed E-state index contributed by atoms with van der Waals surface area (Å²) in [4.78, 5) is 39.1. The Balaban J connectivity index is 1.58. The number of amides is 3. The van der Waals surface area contributed by atoms with Crippen LogP contribution in [0.4, 0.5) is 0 Å². The number of aryl methyl sites for hydroxylation is 1. The summed E-state index contributed by atoms with van der Waals surface area (Å²) in [6, 6.07) is 1.49. The molecule has 3 heterocycles. The van der Waals surface area contributed by atoms with E-state index in [1.165, 1.54) is 0 Å². The van der Waals surface area contributed by atoms with E-state index in [1.54, 1.807) is 21.1 Å². The largest absolute Gasteiger partial charge is 0.345 e. The van der Waals surface area contributed by atoms with E-state index in [2.05, 4.69) is 5.32 Å². The molecule has 1 atom stereocenters. The van der Waals surface area contributed by atoms with Crippen LogP contribution in [-0.4, -0.2) is 59.7 Å². The number of rotatable bonds is 3. The third kappa shape index (κ3) is 2.92. The summed E-state index contributed by atoms with van der Waals surface area (Å²) < 4.78 is 0. The van der Waals surface area contributed by atoms with Gasteiger partial charge in [0.25, 0.3) is 0 Å². The van der Waals surface area contributed by atoms with E-state index in [0.29, 0.717) is 26.1 Å². The number of thiophene rings is 1. The fraction of sp³-hybridized carbons (Fsp3) is 0.500. The van der Waals surface area contributed by atoms with Gasteiger partial charge >= 0.3 is 0 Å². The standard InChI is InChI=1S/C14H17N3O3S/c18-12(2-1-10-3-6-21-9-10)16-4-5-17-11(8-16)14(20)15-7-13(17)19/h3,6,9,11H,1-2,4-5,7-8H2,(H,15,20)/t11-/m1/s1. The molecule has 7 heteroatoms. The van der Waals surface area contributed by atoms with E-state index in [4.69, 9.17) is 0 Å². The number of hydrogen-bond donors (Lipinski definition) is 1. The van der Waals surface area contributed by atoms with Crippen LogP contribution in [0.25, 0.3) is 0 Å². The molecular weight excluding hydrogens is 290 g/mol. The third-order valence-corrected chi connectivity index (χ3v) is 4.71. The zero-order chi connectivity index (χ0) is 14.8. The van der Waals surface area contributed by atoms with Crippen molar-refractivity contribution in [1.29, 1.82) is 0 Å². The third-order valence-electron chi connectivity index (χ3n) is 3.98. The molecule has 0 spiro atoms. The van der Waals surface area contributed by atoms with Crippen LogP contribution in [0.2, 0.25) is 0 Å². The van der Waals surface area contributed by atoms with Crippen molar-refractivity contribution in [2.24, 2.45) is 0 Å². The molecule has 2 saturated heterocycles. The topological polar surface area (TPSA) is 69.7 Å². The smallest absolute Gasteiger partial charge is 0.245 e. The van der Waals surface area contributed by atoms with Crippen molar-refractivity contribution in [3.63, 3.8) is 0 Å². The van der Waals surface area contributed by atoms with E-state index in [9.17, 15) is 14.4 Å². The van der Waals surface area contributed by atoms with Gasteiger partial charge in [0.2, 0.25) is 17.7 Å². The highest BCUT2D eigenvalue weighted by Gasteiger charge is 2.39. The second-order valence-corrected chi connectivity index (χ2v) is 6.07. The number of piperazine rings is 2. The Hall–Kier alpha value is -1.89. The minimum atomic E-state index is -0.523. The van der Waals surface area contributed by atoms with Gasteiger partial charge in [0.1, 0.15) is 6.04 Å². The maximum absolute atomic E-state index is 12.3. The number of fused-ring (bicyclic) bond motifs is 1. The molecule has 3 rings (SSSR count). The maximum atomic E-state index is 12.3. The summed E-state index contributed by atoms with van der Waals surface area (Å²) in [7, 11) is 0. The van der Waals surface area contributed by atoms with Crippen molar-refractivity contribution in [3.05, 3.63) is 22.4 Å². The Bertz CT molecular complexity index is 558. The van der Waals surface area contributed by atoms with E-state index in [1.807, 2.05) is 16.8 Å². The Morgan fingerprint density at radius 3 is 3.00 bits per heavy atom. The van der Waals surface area contributed by atoms with Crippen LogP contribution < -0.4 is 5.32 Å². The summed E-state index contributed by atoms with van der Waals surface area (Å²) in [5, 5.41) is 6.61. The first-order chi connectivity index (χ1) is 10.1. The van der Waals surface area contributed by atoms with Gasteiger partial charge in [0.15, 0.2) is 0 Å². The lowest BCUT2D eigenvalue weighted by atomic mass is 10.1. The molecule has 2 aliphatic rings. The number of carbonyl (C=O) groups excluding carboxylic acids is 3. The summed E-state index contributed by atoms with van der Waals surface area (Å²) >= 11 is 1.62. The second-order valence-electron chi connectivity index (χ2n) is 5.29. The van der Waals surface area contributed by atoms with Crippen molar-refractivity contribution < 1.29 is 14.4 Å².